The fourth-order valence-electron chi connectivity index (χ4n) is 2.18. The number of amides is 1. The molecule has 0 aromatic rings. The molecule has 3 nitrogen and oxygen atoms in total. The fourth-order valence-corrected chi connectivity index (χ4v) is 2.18. The predicted molar refractivity (Wildman–Crippen MR) is 39.0 cm³/mol. The monoisotopic (exact) mass is 153 g/mol. The van der Waals surface area contributed by atoms with E-state index in [1.807, 2.05) is 4.90 Å². The average molecular weight is 153 g/mol. The van der Waals surface area contributed by atoms with E-state index >= 15 is 0 Å². The zero-order valence-corrected chi connectivity index (χ0v) is 6.32. The van der Waals surface area contributed by atoms with Crippen molar-refractivity contribution in [1.29, 1.82) is 0 Å². The topological polar surface area (TPSA) is 37.4 Å². The molecule has 2 bridgehead atoms. The van der Waals surface area contributed by atoms with Crippen LogP contribution >= 0.6 is 0 Å². The summed E-state index contributed by atoms with van der Waals surface area (Å²) in [6, 6.07) is 0.470. The molecule has 11 heavy (non-hydrogen) atoms. The van der Waals surface area contributed by atoms with E-state index in [9.17, 15) is 9.59 Å². The van der Waals surface area contributed by atoms with Crippen molar-refractivity contribution < 1.29 is 9.59 Å². The zero-order chi connectivity index (χ0) is 7.84. The molecule has 0 aromatic carbocycles. The lowest BCUT2D eigenvalue weighted by Crippen LogP contribution is -2.41. The van der Waals surface area contributed by atoms with Gasteiger partial charge in [-0.1, -0.05) is 0 Å². The summed E-state index contributed by atoms with van der Waals surface area (Å²) in [6.07, 6.45) is 4.13. The van der Waals surface area contributed by atoms with Crippen LogP contribution in [0.5, 0.6) is 0 Å². The Morgan fingerprint density at radius 2 is 1.82 bits per heavy atom. The van der Waals surface area contributed by atoms with Gasteiger partial charge in [-0.05, 0) is 12.8 Å². The second kappa shape index (κ2) is 2.32. The van der Waals surface area contributed by atoms with Gasteiger partial charge in [0.15, 0.2) is 0 Å². The van der Waals surface area contributed by atoms with Gasteiger partial charge in [-0.25, -0.2) is 0 Å². The van der Waals surface area contributed by atoms with Crippen molar-refractivity contribution in [3.8, 4) is 0 Å². The second-order valence-corrected chi connectivity index (χ2v) is 3.38. The van der Waals surface area contributed by atoms with Gasteiger partial charge in [-0.2, -0.15) is 0 Å². The Balaban J connectivity index is 2.18. The third kappa shape index (κ3) is 0.951. The Bertz CT molecular complexity index is 186. The lowest BCUT2D eigenvalue weighted by molar-refractivity contribution is -0.129. The molecule has 2 fully saturated rings. The molecule has 0 aromatic heterocycles. The highest BCUT2D eigenvalue weighted by molar-refractivity contribution is 5.82. The Morgan fingerprint density at radius 1 is 1.27 bits per heavy atom. The maximum absolute atomic E-state index is 11.0. The lowest BCUT2D eigenvalue weighted by Gasteiger charge is -2.30. The van der Waals surface area contributed by atoms with Gasteiger partial charge in [0.05, 0.1) is 0 Å². The normalized spacial score (nSPS) is 36.0. The van der Waals surface area contributed by atoms with E-state index < -0.39 is 0 Å². The van der Waals surface area contributed by atoms with E-state index in [0.717, 1.165) is 19.3 Å². The van der Waals surface area contributed by atoms with Gasteiger partial charge >= 0.3 is 0 Å². The third-order valence-electron chi connectivity index (χ3n) is 2.72. The number of carbonyl (C=O) groups excluding carboxylic acids is 2. The Hall–Kier alpha value is -0.860. The largest absolute Gasteiger partial charge is 0.338 e. The number of nitrogens with zero attached hydrogens (tertiary/aromatic N) is 1. The summed E-state index contributed by atoms with van der Waals surface area (Å²) in [6.45, 7) is 0. The molecule has 2 atom stereocenters. The molecule has 3 heteroatoms. The summed E-state index contributed by atoms with van der Waals surface area (Å²) >= 11 is 0. The van der Waals surface area contributed by atoms with Crippen LogP contribution in [-0.2, 0) is 9.59 Å². The summed E-state index contributed by atoms with van der Waals surface area (Å²) < 4.78 is 0. The van der Waals surface area contributed by atoms with Crippen LogP contribution in [0.3, 0.4) is 0 Å². The van der Waals surface area contributed by atoms with Crippen LogP contribution in [-0.4, -0.2) is 29.2 Å². The minimum absolute atomic E-state index is 0.235. The SMILES string of the molecule is O=CN1C2CCC1CC(=O)C2. The van der Waals surface area contributed by atoms with Gasteiger partial charge in [0.2, 0.25) is 6.41 Å². The van der Waals surface area contributed by atoms with Crippen molar-refractivity contribution in [2.24, 2.45) is 0 Å². The highest BCUT2D eigenvalue weighted by atomic mass is 16.1. The first-order valence-corrected chi connectivity index (χ1v) is 4.05. The standard InChI is InChI=1S/C8H11NO2/c10-5-9-6-1-2-7(9)4-8(11)3-6/h5-7H,1-4H2. The number of hydrogen-bond donors (Lipinski definition) is 0. The lowest BCUT2D eigenvalue weighted by atomic mass is 10.0. The van der Waals surface area contributed by atoms with Crippen LogP contribution in [0.1, 0.15) is 25.7 Å². The summed E-state index contributed by atoms with van der Waals surface area (Å²) in [7, 11) is 0. The molecule has 0 N–H and O–H groups in total. The molecule has 0 saturated carbocycles. The Labute approximate surface area is 65.4 Å². The van der Waals surface area contributed by atoms with E-state index in [0.29, 0.717) is 18.6 Å². The summed E-state index contributed by atoms with van der Waals surface area (Å²) in [5.41, 5.74) is 0. The van der Waals surface area contributed by atoms with Crippen LogP contribution < -0.4 is 0 Å². The molecule has 1 amide bonds. The third-order valence-corrected chi connectivity index (χ3v) is 2.72. The first-order valence-electron chi connectivity index (χ1n) is 4.05. The first-order chi connectivity index (χ1) is 5.31. The minimum atomic E-state index is 0.235. The van der Waals surface area contributed by atoms with Crippen molar-refractivity contribution in [1.82, 2.24) is 4.90 Å². The number of ketones is 1. The molecule has 2 rings (SSSR count). The van der Waals surface area contributed by atoms with Crippen LogP contribution in [0, 0.1) is 0 Å². The molecule has 60 valence electrons. The van der Waals surface area contributed by atoms with Crippen molar-refractivity contribution >= 4 is 12.2 Å². The van der Waals surface area contributed by atoms with Crippen LogP contribution in [0.25, 0.3) is 0 Å². The Kier molecular flexibility index (Phi) is 1.44. The van der Waals surface area contributed by atoms with Gasteiger partial charge in [-0.3, -0.25) is 9.59 Å². The van der Waals surface area contributed by atoms with E-state index in [1.54, 1.807) is 0 Å². The molecule has 0 spiro atoms. The van der Waals surface area contributed by atoms with E-state index in [-0.39, 0.29) is 12.1 Å². The summed E-state index contributed by atoms with van der Waals surface area (Å²) in [5, 5.41) is 0. The van der Waals surface area contributed by atoms with Crippen LogP contribution in [0.15, 0.2) is 0 Å². The molecule has 0 aliphatic carbocycles. The van der Waals surface area contributed by atoms with Crippen LogP contribution in [0.2, 0.25) is 0 Å². The van der Waals surface area contributed by atoms with E-state index in [1.165, 1.54) is 0 Å². The molecule has 2 unspecified atom stereocenters. The smallest absolute Gasteiger partial charge is 0.210 e. The van der Waals surface area contributed by atoms with Crippen molar-refractivity contribution in [2.45, 2.75) is 37.8 Å². The number of rotatable bonds is 1. The molecular weight excluding hydrogens is 142 g/mol. The molecule has 2 aliphatic heterocycles. The molecule has 2 saturated heterocycles. The Morgan fingerprint density at radius 3 is 2.27 bits per heavy atom. The molecule has 2 heterocycles. The van der Waals surface area contributed by atoms with Crippen LogP contribution in [0.4, 0.5) is 0 Å². The highest BCUT2D eigenvalue weighted by Crippen LogP contribution is 2.32. The maximum atomic E-state index is 11.0. The number of Topliss-reactive ketones (excluding diaryl/α,β-unsaturated/α-hetero) is 1. The van der Waals surface area contributed by atoms with Gasteiger partial charge in [0.1, 0.15) is 5.78 Å². The van der Waals surface area contributed by atoms with Gasteiger partial charge in [0, 0.05) is 24.9 Å². The number of fused-ring (bicyclic) bond motifs is 2. The average Bonchev–Trinajstić information content (AvgIpc) is 2.23. The van der Waals surface area contributed by atoms with Crippen molar-refractivity contribution in [3.05, 3.63) is 0 Å². The summed E-state index contributed by atoms with van der Waals surface area (Å²) in [4.78, 5) is 23.4. The maximum Gasteiger partial charge on any atom is 0.210 e. The number of carbonyl (C=O) groups is 2. The molecule has 2 aliphatic rings. The molecule has 0 radical (unpaired) electrons. The van der Waals surface area contributed by atoms with Gasteiger partial charge < -0.3 is 4.90 Å². The van der Waals surface area contributed by atoms with E-state index in [4.69, 9.17) is 0 Å². The van der Waals surface area contributed by atoms with Gasteiger partial charge in [-0.15, -0.1) is 0 Å². The van der Waals surface area contributed by atoms with Crippen molar-refractivity contribution in [2.75, 3.05) is 0 Å². The second-order valence-electron chi connectivity index (χ2n) is 3.38. The first kappa shape index (κ1) is 6.83. The zero-order valence-electron chi connectivity index (χ0n) is 6.32. The quantitative estimate of drug-likeness (QED) is 0.509. The van der Waals surface area contributed by atoms with Crippen molar-refractivity contribution in [3.63, 3.8) is 0 Å². The van der Waals surface area contributed by atoms with E-state index in [2.05, 4.69) is 0 Å². The fraction of sp³-hybridized carbons (Fsp3) is 0.750. The number of piperidine rings is 1. The summed E-state index contributed by atoms with van der Waals surface area (Å²) in [5.74, 6) is 0.329. The molecular formula is C8H11NO2. The highest BCUT2D eigenvalue weighted by Gasteiger charge is 2.38. The predicted octanol–water partition coefficient (Wildman–Crippen LogP) is 0.339. The minimum Gasteiger partial charge on any atom is -0.338 e. The number of hydrogen-bond acceptors (Lipinski definition) is 2. The van der Waals surface area contributed by atoms with Gasteiger partial charge in [0.25, 0.3) is 0 Å².